The van der Waals surface area contributed by atoms with E-state index in [1.807, 2.05) is 24.3 Å². The number of imidazole rings is 1. The van der Waals surface area contributed by atoms with Gasteiger partial charge in [-0.1, -0.05) is 24.3 Å². The maximum atomic E-state index is 14.0. The van der Waals surface area contributed by atoms with Gasteiger partial charge in [0.2, 0.25) is 0 Å². The number of H-pyrrole nitrogens is 1. The van der Waals surface area contributed by atoms with Crippen molar-refractivity contribution in [2.75, 3.05) is 0 Å². The van der Waals surface area contributed by atoms with E-state index < -0.39 is 5.82 Å². The van der Waals surface area contributed by atoms with E-state index in [0.717, 1.165) is 11.0 Å². The molecule has 7 heteroatoms. The van der Waals surface area contributed by atoms with E-state index in [2.05, 4.69) is 20.4 Å². The lowest BCUT2D eigenvalue weighted by atomic mass is 10.2. The number of fused-ring (bicyclic) bond motifs is 1. The Bertz CT molecular complexity index is 1070. The van der Waals surface area contributed by atoms with E-state index >= 15 is 0 Å². The molecule has 2 heterocycles. The second-order valence-electron chi connectivity index (χ2n) is 5.89. The molecule has 0 aliphatic carbocycles. The Balaban J connectivity index is 1.53. The Morgan fingerprint density at radius 3 is 2.77 bits per heavy atom. The van der Waals surface area contributed by atoms with Crippen molar-refractivity contribution in [2.45, 2.75) is 13.5 Å². The van der Waals surface area contributed by atoms with Gasteiger partial charge in [-0.25, -0.2) is 14.1 Å². The summed E-state index contributed by atoms with van der Waals surface area (Å²) in [7, 11) is 0. The summed E-state index contributed by atoms with van der Waals surface area (Å²) in [6, 6.07) is 14.0. The first kappa shape index (κ1) is 16.0. The highest BCUT2D eigenvalue weighted by molar-refractivity contribution is 5.95. The number of carbonyl (C=O) groups is 1. The van der Waals surface area contributed by atoms with Crippen LogP contribution in [0.3, 0.4) is 0 Å². The van der Waals surface area contributed by atoms with Gasteiger partial charge in [0.15, 0.2) is 0 Å². The lowest BCUT2D eigenvalue weighted by Crippen LogP contribution is -2.24. The molecule has 4 rings (SSSR count). The number of nitrogens with zero attached hydrogens (tertiary/aromatic N) is 3. The highest BCUT2D eigenvalue weighted by atomic mass is 19.1. The zero-order chi connectivity index (χ0) is 18.1. The molecule has 2 N–H and O–H groups in total. The number of halogens is 1. The zero-order valence-corrected chi connectivity index (χ0v) is 14.0. The second-order valence-corrected chi connectivity index (χ2v) is 5.89. The molecule has 0 atom stereocenters. The van der Waals surface area contributed by atoms with Gasteiger partial charge < -0.3 is 10.3 Å². The van der Waals surface area contributed by atoms with Gasteiger partial charge in [0.25, 0.3) is 5.91 Å². The monoisotopic (exact) mass is 349 g/mol. The Morgan fingerprint density at radius 2 is 1.96 bits per heavy atom. The first-order valence-electron chi connectivity index (χ1n) is 8.15. The van der Waals surface area contributed by atoms with Crippen molar-refractivity contribution < 1.29 is 9.18 Å². The van der Waals surface area contributed by atoms with Gasteiger partial charge in [-0.15, -0.1) is 0 Å². The first-order chi connectivity index (χ1) is 12.6. The van der Waals surface area contributed by atoms with Crippen LogP contribution in [-0.2, 0) is 6.54 Å². The number of nitrogens with one attached hydrogen (secondary N) is 2. The van der Waals surface area contributed by atoms with Gasteiger partial charge >= 0.3 is 0 Å². The summed E-state index contributed by atoms with van der Waals surface area (Å²) in [4.78, 5) is 20.1. The highest BCUT2D eigenvalue weighted by Gasteiger charge is 2.17. The zero-order valence-electron chi connectivity index (χ0n) is 14.0. The molecule has 0 saturated carbocycles. The van der Waals surface area contributed by atoms with Crippen molar-refractivity contribution in [2.24, 2.45) is 0 Å². The van der Waals surface area contributed by atoms with Crippen LogP contribution >= 0.6 is 0 Å². The van der Waals surface area contributed by atoms with E-state index in [9.17, 15) is 9.18 Å². The molecule has 0 aliphatic rings. The largest absolute Gasteiger partial charge is 0.345 e. The molecule has 1 amide bonds. The highest BCUT2D eigenvalue weighted by Crippen LogP contribution is 2.17. The van der Waals surface area contributed by atoms with Gasteiger partial charge in [-0.05, 0) is 31.2 Å². The molecule has 0 bridgehead atoms. The Labute approximate surface area is 148 Å². The van der Waals surface area contributed by atoms with Gasteiger partial charge in [0, 0.05) is 0 Å². The third-order valence-corrected chi connectivity index (χ3v) is 4.19. The molecule has 26 heavy (non-hydrogen) atoms. The Morgan fingerprint density at radius 1 is 1.19 bits per heavy atom. The quantitative estimate of drug-likeness (QED) is 0.594. The van der Waals surface area contributed by atoms with Gasteiger partial charge in [-0.2, -0.15) is 5.10 Å². The molecule has 2 aromatic heterocycles. The van der Waals surface area contributed by atoms with Crippen LogP contribution in [0, 0.1) is 12.7 Å². The molecule has 0 radical (unpaired) electrons. The third-order valence-electron chi connectivity index (χ3n) is 4.19. The summed E-state index contributed by atoms with van der Waals surface area (Å²) >= 11 is 0. The molecule has 0 unspecified atom stereocenters. The van der Waals surface area contributed by atoms with E-state index in [1.54, 1.807) is 25.1 Å². The molecule has 0 spiro atoms. The Kier molecular flexibility index (Phi) is 3.96. The molecular formula is C19H16FN5O. The predicted octanol–water partition coefficient (Wildman–Crippen LogP) is 3.13. The van der Waals surface area contributed by atoms with Crippen LogP contribution in [0.15, 0.2) is 54.7 Å². The molecule has 6 nitrogen and oxygen atoms in total. The van der Waals surface area contributed by atoms with Crippen LogP contribution in [0.5, 0.6) is 0 Å². The summed E-state index contributed by atoms with van der Waals surface area (Å²) in [6.45, 7) is 1.99. The molecule has 0 aliphatic heterocycles. The Hall–Kier alpha value is -3.48. The van der Waals surface area contributed by atoms with Crippen molar-refractivity contribution in [3.8, 4) is 5.69 Å². The molecular weight excluding hydrogens is 333 g/mol. The third kappa shape index (κ3) is 2.83. The SMILES string of the molecule is Cc1c(C(=O)NCc2nc3ccccc3[nH]2)cnn1-c1ccccc1F. The summed E-state index contributed by atoms with van der Waals surface area (Å²) in [5.74, 6) is -0.0165. The van der Waals surface area contributed by atoms with E-state index in [4.69, 9.17) is 0 Å². The fourth-order valence-electron chi connectivity index (χ4n) is 2.85. The van der Waals surface area contributed by atoms with Crippen molar-refractivity contribution in [3.05, 3.63) is 77.6 Å². The lowest BCUT2D eigenvalue weighted by Gasteiger charge is -2.07. The fraction of sp³-hybridized carbons (Fsp3) is 0.105. The van der Waals surface area contributed by atoms with Crippen LogP contribution in [0.1, 0.15) is 21.9 Å². The minimum atomic E-state index is -0.395. The maximum Gasteiger partial charge on any atom is 0.255 e. The number of aromatic amines is 1. The van der Waals surface area contributed by atoms with E-state index in [0.29, 0.717) is 22.8 Å². The summed E-state index contributed by atoms with van der Waals surface area (Å²) in [5, 5.41) is 6.97. The number of aromatic nitrogens is 4. The van der Waals surface area contributed by atoms with Crippen molar-refractivity contribution in [3.63, 3.8) is 0 Å². The predicted molar refractivity (Wildman–Crippen MR) is 95.5 cm³/mol. The van der Waals surface area contributed by atoms with Crippen LogP contribution in [0.4, 0.5) is 4.39 Å². The number of rotatable bonds is 4. The number of para-hydroxylation sites is 3. The molecule has 130 valence electrons. The number of hydrogen-bond acceptors (Lipinski definition) is 3. The van der Waals surface area contributed by atoms with E-state index in [-0.39, 0.29) is 12.5 Å². The molecule has 0 saturated heterocycles. The van der Waals surface area contributed by atoms with Crippen molar-refractivity contribution in [1.82, 2.24) is 25.1 Å². The fourth-order valence-corrected chi connectivity index (χ4v) is 2.85. The van der Waals surface area contributed by atoms with Crippen LogP contribution < -0.4 is 5.32 Å². The second kappa shape index (κ2) is 6.44. The molecule has 2 aromatic carbocycles. The average molecular weight is 349 g/mol. The van der Waals surface area contributed by atoms with Gasteiger partial charge in [-0.3, -0.25) is 4.79 Å². The minimum absolute atomic E-state index is 0.262. The number of hydrogen-bond donors (Lipinski definition) is 2. The number of benzene rings is 2. The average Bonchev–Trinajstić information content (AvgIpc) is 3.23. The van der Waals surface area contributed by atoms with Crippen LogP contribution in [0.2, 0.25) is 0 Å². The minimum Gasteiger partial charge on any atom is -0.345 e. The van der Waals surface area contributed by atoms with Gasteiger partial charge in [0.1, 0.15) is 17.3 Å². The summed E-state index contributed by atoms with van der Waals surface area (Å²) in [6.07, 6.45) is 1.44. The van der Waals surface area contributed by atoms with E-state index in [1.165, 1.54) is 16.9 Å². The van der Waals surface area contributed by atoms with Crippen molar-refractivity contribution in [1.29, 1.82) is 0 Å². The number of carbonyl (C=O) groups excluding carboxylic acids is 1. The topological polar surface area (TPSA) is 75.6 Å². The normalized spacial score (nSPS) is 11.0. The smallest absolute Gasteiger partial charge is 0.255 e. The molecule has 0 fully saturated rings. The van der Waals surface area contributed by atoms with Crippen LogP contribution in [-0.4, -0.2) is 25.7 Å². The lowest BCUT2D eigenvalue weighted by molar-refractivity contribution is 0.0949. The van der Waals surface area contributed by atoms with Crippen molar-refractivity contribution >= 4 is 16.9 Å². The molecule has 4 aromatic rings. The van der Waals surface area contributed by atoms with Crippen LogP contribution in [0.25, 0.3) is 16.7 Å². The number of amides is 1. The standard InChI is InChI=1S/C19H16FN5O/c1-12-13(10-22-25(12)17-9-5-2-6-14(17)20)19(26)21-11-18-23-15-7-3-4-8-16(15)24-18/h2-10H,11H2,1H3,(H,21,26)(H,23,24). The van der Waals surface area contributed by atoms with Gasteiger partial charge in [0.05, 0.1) is 35.0 Å². The summed E-state index contributed by atoms with van der Waals surface area (Å²) < 4.78 is 15.4. The summed E-state index contributed by atoms with van der Waals surface area (Å²) in [5.41, 5.74) is 3.03. The maximum absolute atomic E-state index is 14.0. The first-order valence-corrected chi connectivity index (χ1v) is 8.15.